The van der Waals surface area contributed by atoms with Crippen molar-refractivity contribution in [1.82, 2.24) is 14.5 Å². The van der Waals surface area contributed by atoms with Crippen molar-refractivity contribution in [3.05, 3.63) is 27.2 Å². The van der Waals surface area contributed by atoms with E-state index in [0.717, 1.165) is 34.4 Å². The van der Waals surface area contributed by atoms with Gasteiger partial charge in [-0.05, 0) is 53.6 Å². The summed E-state index contributed by atoms with van der Waals surface area (Å²) in [6.07, 6.45) is 7.62. The van der Waals surface area contributed by atoms with Crippen LogP contribution in [0, 0.1) is 5.92 Å². The summed E-state index contributed by atoms with van der Waals surface area (Å²) in [6, 6.07) is 2.22. The van der Waals surface area contributed by atoms with Crippen LogP contribution in [0.5, 0.6) is 0 Å². The fourth-order valence-corrected chi connectivity index (χ4v) is 3.47. The number of H-pyrrole nitrogens is 1. The molecule has 0 unspecified atom stereocenters. The third-order valence-electron chi connectivity index (χ3n) is 4.28. The normalized spacial score (nSPS) is 23.9. The minimum atomic E-state index is -0.0273. The first kappa shape index (κ1) is 12.9. The van der Waals surface area contributed by atoms with Crippen LogP contribution in [0.3, 0.4) is 0 Å². The summed E-state index contributed by atoms with van der Waals surface area (Å²) >= 11 is 3.39. The van der Waals surface area contributed by atoms with Gasteiger partial charge >= 0.3 is 5.69 Å². The van der Waals surface area contributed by atoms with E-state index in [1.54, 1.807) is 6.20 Å². The average molecular weight is 324 g/mol. The Hall–Kier alpha value is -1.10. The number of aromatic nitrogens is 3. The van der Waals surface area contributed by atoms with E-state index in [9.17, 15) is 4.79 Å². The van der Waals surface area contributed by atoms with Gasteiger partial charge in [-0.25, -0.2) is 9.78 Å². The first-order chi connectivity index (χ1) is 9.19. The standard InChI is InChI=1S/C14H18BrN3O/c1-2-9-3-5-11(6-4-9)18-13-12(17-14(18)19)7-10(15)8-16-13/h7-9,11H,2-6H2,1H3,(H,17,19). The van der Waals surface area contributed by atoms with Crippen molar-refractivity contribution in [2.75, 3.05) is 0 Å². The lowest BCUT2D eigenvalue weighted by atomic mass is 9.84. The lowest BCUT2D eigenvalue weighted by Gasteiger charge is -2.28. The van der Waals surface area contributed by atoms with Gasteiger partial charge in [0.2, 0.25) is 0 Å². The maximum atomic E-state index is 12.2. The Labute approximate surface area is 120 Å². The van der Waals surface area contributed by atoms with E-state index in [1.807, 2.05) is 10.6 Å². The SMILES string of the molecule is CCC1CCC(n2c(=O)[nH]c3cc(Br)cnc32)CC1. The smallest absolute Gasteiger partial charge is 0.304 e. The molecule has 4 nitrogen and oxygen atoms in total. The van der Waals surface area contributed by atoms with Crippen molar-refractivity contribution in [2.45, 2.75) is 45.1 Å². The van der Waals surface area contributed by atoms with Crippen LogP contribution in [0.15, 0.2) is 21.5 Å². The fourth-order valence-electron chi connectivity index (χ4n) is 3.14. The number of halogens is 1. The number of fused-ring (bicyclic) bond motifs is 1. The van der Waals surface area contributed by atoms with Crippen LogP contribution >= 0.6 is 15.9 Å². The third kappa shape index (κ3) is 2.36. The average Bonchev–Trinajstić information content (AvgIpc) is 2.74. The lowest BCUT2D eigenvalue weighted by Crippen LogP contribution is -2.26. The van der Waals surface area contributed by atoms with E-state index in [1.165, 1.54) is 19.3 Å². The highest BCUT2D eigenvalue weighted by atomic mass is 79.9. The molecule has 0 aromatic carbocycles. The number of rotatable bonds is 2. The summed E-state index contributed by atoms with van der Waals surface area (Å²) in [6.45, 7) is 2.25. The Balaban J connectivity index is 1.97. The minimum Gasteiger partial charge on any atom is -0.304 e. The van der Waals surface area contributed by atoms with Gasteiger partial charge in [0.25, 0.3) is 0 Å². The topological polar surface area (TPSA) is 50.7 Å². The molecular weight excluding hydrogens is 306 g/mol. The molecule has 0 amide bonds. The number of nitrogens with zero attached hydrogens (tertiary/aromatic N) is 2. The van der Waals surface area contributed by atoms with Gasteiger partial charge in [-0.1, -0.05) is 13.3 Å². The summed E-state index contributed by atoms with van der Waals surface area (Å²) in [5.41, 5.74) is 1.57. The Morgan fingerprint density at radius 3 is 2.84 bits per heavy atom. The molecule has 1 saturated carbocycles. The number of hydrogen-bond donors (Lipinski definition) is 1. The van der Waals surface area contributed by atoms with Crippen molar-refractivity contribution in [3.8, 4) is 0 Å². The Morgan fingerprint density at radius 1 is 1.42 bits per heavy atom. The zero-order chi connectivity index (χ0) is 13.4. The zero-order valence-corrected chi connectivity index (χ0v) is 12.6. The van der Waals surface area contributed by atoms with Crippen LogP contribution in [0.4, 0.5) is 0 Å². The van der Waals surface area contributed by atoms with Gasteiger partial charge in [0.05, 0.1) is 5.52 Å². The van der Waals surface area contributed by atoms with Gasteiger partial charge in [-0.15, -0.1) is 0 Å². The van der Waals surface area contributed by atoms with Crippen LogP contribution in [0.2, 0.25) is 0 Å². The summed E-state index contributed by atoms with van der Waals surface area (Å²) in [7, 11) is 0. The Bertz CT molecular complexity index is 638. The van der Waals surface area contributed by atoms with Crippen LogP contribution in [0.25, 0.3) is 11.2 Å². The van der Waals surface area contributed by atoms with E-state index < -0.39 is 0 Å². The van der Waals surface area contributed by atoms with Crippen LogP contribution < -0.4 is 5.69 Å². The maximum Gasteiger partial charge on any atom is 0.327 e. The van der Waals surface area contributed by atoms with Crippen molar-refractivity contribution >= 4 is 27.1 Å². The summed E-state index contributed by atoms with van der Waals surface area (Å²) in [4.78, 5) is 19.5. The van der Waals surface area contributed by atoms with E-state index >= 15 is 0 Å². The van der Waals surface area contributed by atoms with Crippen LogP contribution in [-0.4, -0.2) is 14.5 Å². The molecule has 102 valence electrons. The molecule has 3 rings (SSSR count). The molecule has 2 aromatic heterocycles. The first-order valence-electron chi connectivity index (χ1n) is 6.94. The Morgan fingerprint density at radius 2 is 2.16 bits per heavy atom. The lowest BCUT2D eigenvalue weighted by molar-refractivity contribution is 0.269. The molecule has 2 aromatic rings. The van der Waals surface area contributed by atoms with Gasteiger partial charge in [0.1, 0.15) is 0 Å². The molecule has 1 aliphatic rings. The predicted octanol–water partition coefficient (Wildman–Crippen LogP) is 3.63. The third-order valence-corrected chi connectivity index (χ3v) is 4.71. The zero-order valence-electron chi connectivity index (χ0n) is 11.0. The number of hydrogen-bond acceptors (Lipinski definition) is 2. The highest BCUT2D eigenvalue weighted by Crippen LogP contribution is 2.34. The number of imidazole rings is 1. The molecule has 0 atom stereocenters. The van der Waals surface area contributed by atoms with E-state index in [2.05, 4.69) is 32.8 Å². The minimum absolute atomic E-state index is 0.0273. The molecule has 2 heterocycles. The second kappa shape index (κ2) is 5.12. The van der Waals surface area contributed by atoms with Gasteiger partial charge in [0, 0.05) is 16.7 Å². The molecule has 1 fully saturated rings. The largest absolute Gasteiger partial charge is 0.327 e. The van der Waals surface area contributed by atoms with Crippen molar-refractivity contribution in [1.29, 1.82) is 0 Å². The number of aromatic amines is 1. The summed E-state index contributed by atoms with van der Waals surface area (Å²) in [5.74, 6) is 0.833. The summed E-state index contributed by atoms with van der Waals surface area (Å²) in [5, 5.41) is 0. The monoisotopic (exact) mass is 323 g/mol. The molecule has 19 heavy (non-hydrogen) atoms. The summed E-state index contributed by atoms with van der Waals surface area (Å²) < 4.78 is 2.75. The predicted molar refractivity (Wildman–Crippen MR) is 79.3 cm³/mol. The van der Waals surface area contributed by atoms with Gasteiger partial charge < -0.3 is 4.98 Å². The number of pyridine rings is 1. The van der Waals surface area contributed by atoms with Crippen LogP contribution in [-0.2, 0) is 0 Å². The van der Waals surface area contributed by atoms with Crippen LogP contribution in [0.1, 0.15) is 45.1 Å². The van der Waals surface area contributed by atoms with Gasteiger partial charge in [0.15, 0.2) is 5.65 Å². The fraction of sp³-hybridized carbons (Fsp3) is 0.571. The van der Waals surface area contributed by atoms with E-state index in [-0.39, 0.29) is 5.69 Å². The molecule has 0 radical (unpaired) electrons. The molecule has 5 heteroatoms. The highest BCUT2D eigenvalue weighted by molar-refractivity contribution is 9.10. The maximum absolute atomic E-state index is 12.2. The second-order valence-corrected chi connectivity index (χ2v) is 6.32. The molecule has 0 bridgehead atoms. The Kier molecular flexibility index (Phi) is 3.48. The van der Waals surface area contributed by atoms with E-state index in [4.69, 9.17) is 0 Å². The molecular formula is C14H18BrN3O. The van der Waals surface area contributed by atoms with Gasteiger partial charge in [-0.3, -0.25) is 4.57 Å². The second-order valence-electron chi connectivity index (χ2n) is 5.41. The first-order valence-corrected chi connectivity index (χ1v) is 7.74. The molecule has 0 aliphatic heterocycles. The van der Waals surface area contributed by atoms with E-state index in [0.29, 0.717) is 6.04 Å². The van der Waals surface area contributed by atoms with Crippen molar-refractivity contribution < 1.29 is 0 Å². The molecule has 0 spiro atoms. The molecule has 1 N–H and O–H groups in total. The van der Waals surface area contributed by atoms with Crippen molar-refractivity contribution in [3.63, 3.8) is 0 Å². The quantitative estimate of drug-likeness (QED) is 0.917. The molecule has 1 aliphatic carbocycles. The highest BCUT2D eigenvalue weighted by Gasteiger charge is 2.24. The van der Waals surface area contributed by atoms with Gasteiger partial charge in [-0.2, -0.15) is 0 Å². The number of nitrogens with one attached hydrogen (secondary N) is 1. The van der Waals surface area contributed by atoms with Crippen molar-refractivity contribution in [2.24, 2.45) is 5.92 Å². The molecule has 0 saturated heterocycles.